The molecule has 0 radical (unpaired) electrons. The number of rotatable bonds is 4. The number of nitrogens with zero attached hydrogens (tertiary/aromatic N) is 1. The van der Waals surface area contributed by atoms with Gasteiger partial charge in [0, 0.05) is 11.4 Å². The lowest BCUT2D eigenvalue weighted by Crippen LogP contribution is -2.37. The number of hydrogen-bond donors (Lipinski definition) is 1. The minimum Gasteiger partial charge on any atom is -0.461 e. The first-order valence-electron chi connectivity index (χ1n) is 6.22. The summed E-state index contributed by atoms with van der Waals surface area (Å²) in [5.41, 5.74) is 0.297. The van der Waals surface area contributed by atoms with Gasteiger partial charge >= 0.3 is 5.97 Å². The normalized spacial score (nSPS) is 16.1. The fourth-order valence-corrected chi connectivity index (χ4v) is 3.56. The maximum absolute atomic E-state index is 12.0. The zero-order chi connectivity index (χ0) is 13.7. The fraction of sp³-hybridized carbons (Fsp3) is 0.583. The van der Waals surface area contributed by atoms with Crippen LogP contribution in [-0.2, 0) is 4.74 Å². The molecular weight excluding hydrogens is 284 g/mol. The molecular formula is C12H16N2O3S2. The van der Waals surface area contributed by atoms with Gasteiger partial charge in [-0.1, -0.05) is 0 Å². The van der Waals surface area contributed by atoms with Gasteiger partial charge in [0.05, 0.1) is 6.61 Å². The van der Waals surface area contributed by atoms with Gasteiger partial charge in [0.1, 0.15) is 5.69 Å². The molecule has 0 saturated carbocycles. The standard InChI is InChI=1S/C12H16N2O3S2/c1-2-17-12(16)11-14-9(7-19-11)10(15)13-8-3-5-18-6-4-8/h7-8H,2-6H2,1H3,(H,13,15). The van der Waals surface area contributed by atoms with Crippen molar-refractivity contribution in [2.75, 3.05) is 18.1 Å². The Balaban J connectivity index is 1.93. The van der Waals surface area contributed by atoms with Gasteiger partial charge in [0.2, 0.25) is 5.01 Å². The molecule has 1 fully saturated rings. The Morgan fingerprint density at radius 1 is 1.47 bits per heavy atom. The van der Waals surface area contributed by atoms with Gasteiger partial charge in [-0.15, -0.1) is 11.3 Å². The number of carbonyl (C=O) groups excluding carboxylic acids is 2. The topological polar surface area (TPSA) is 68.3 Å². The van der Waals surface area contributed by atoms with Gasteiger partial charge in [0.25, 0.3) is 5.91 Å². The van der Waals surface area contributed by atoms with E-state index in [1.807, 2.05) is 11.8 Å². The van der Waals surface area contributed by atoms with Crippen molar-refractivity contribution in [3.8, 4) is 0 Å². The quantitative estimate of drug-likeness (QED) is 0.861. The van der Waals surface area contributed by atoms with Crippen molar-refractivity contribution in [3.63, 3.8) is 0 Å². The Morgan fingerprint density at radius 2 is 2.21 bits per heavy atom. The number of amides is 1. The van der Waals surface area contributed by atoms with Crippen LogP contribution in [0.3, 0.4) is 0 Å². The van der Waals surface area contributed by atoms with Crippen LogP contribution in [0, 0.1) is 0 Å². The molecule has 104 valence electrons. The van der Waals surface area contributed by atoms with Gasteiger partial charge in [-0.25, -0.2) is 9.78 Å². The third kappa shape index (κ3) is 3.94. The third-order valence-corrected chi connectivity index (χ3v) is 4.61. The minimum absolute atomic E-state index is 0.205. The molecule has 19 heavy (non-hydrogen) atoms. The van der Waals surface area contributed by atoms with E-state index in [9.17, 15) is 9.59 Å². The van der Waals surface area contributed by atoms with Crippen molar-refractivity contribution in [1.82, 2.24) is 10.3 Å². The smallest absolute Gasteiger partial charge is 0.367 e. The molecule has 1 aliphatic heterocycles. The summed E-state index contributed by atoms with van der Waals surface area (Å²) in [7, 11) is 0. The van der Waals surface area contributed by atoms with E-state index in [1.54, 1.807) is 12.3 Å². The van der Waals surface area contributed by atoms with E-state index in [-0.39, 0.29) is 17.0 Å². The summed E-state index contributed by atoms with van der Waals surface area (Å²) in [5.74, 6) is 1.48. The van der Waals surface area contributed by atoms with E-state index < -0.39 is 5.97 Å². The third-order valence-electron chi connectivity index (χ3n) is 2.74. The Bertz CT molecular complexity index is 456. The highest BCUT2D eigenvalue weighted by Gasteiger charge is 2.20. The average Bonchev–Trinajstić information content (AvgIpc) is 2.90. The van der Waals surface area contributed by atoms with E-state index >= 15 is 0 Å². The van der Waals surface area contributed by atoms with Crippen molar-refractivity contribution in [2.45, 2.75) is 25.8 Å². The first-order valence-corrected chi connectivity index (χ1v) is 8.25. The van der Waals surface area contributed by atoms with Crippen LogP contribution >= 0.6 is 23.1 Å². The SMILES string of the molecule is CCOC(=O)c1nc(C(=O)NC2CCSCC2)cs1. The molecule has 0 atom stereocenters. The maximum Gasteiger partial charge on any atom is 0.367 e. The van der Waals surface area contributed by atoms with Gasteiger partial charge < -0.3 is 10.1 Å². The van der Waals surface area contributed by atoms with Crippen molar-refractivity contribution in [3.05, 3.63) is 16.1 Å². The van der Waals surface area contributed by atoms with Crippen LogP contribution in [0.4, 0.5) is 0 Å². The maximum atomic E-state index is 12.0. The molecule has 0 aromatic carbocycles. The molecule has 1 aromatic rings. The molecule has 1 amide bonds. The molecule has 7 heteroatoms. The minimum atomic E-state index is -0.472. The highest BCUT2D eigenvalue weighted by atomic mass is 32.2. The zero-order valence-electron chi connectivity index (χ0n) is 10.7. The van der Waals surface area contributed by atoms with Crippen molar-refractivity contribution in [1.29, 1.82) is 0 Å². The Labute approximate surface area is 120 Å². The van der Waals surface area contributed by atoms with Crippen LogP contribution in [-0.4, -0.2) is 41.0 Å². The Morgan fingerprint density at radius 3 is 2.89 bits per heavy atom. The summed E-state index contributed by atoms with van der Waals surface area (Å²) in [6.45, 7) is 2.04. The van der Waals surface area contributed by atoms with E-state index in [4.69, 9.17) is 4.74 Å². The highest BCUT2D eigenvalue weighted by molar-refractivity contribution is 7.99. The van der Waals surface area contributed by atoms with E-state index in [2.05, 4.69) is 10.3 Å². The molecule has 0 spiro atoms. The monoisotopic (exact) mass is 300 g/mol. The molecule has 0 bridgehead atoms. The summed E-state index contributed by atoms with van der Waals surface area (Å²) in [4.78, 5) is 27.5. The lowest BCUT2D eigenvalue weighted by molar-refractivity contribution is 0.0526. The fourth-order valence-electron chi connectivity index (χ4n) is 1.77. The van der Waals surface area contributed by atoms with Crippen LogP contribution in [0.1, 0.15) is 40.1 Å². The zero-order valence-corrected chi connectivity index (χ0v) is 12.3. The number of ether oxygens (including phenoxy) is 1. The molecule has 0 unspecified atom stereocenters. The lowest BCUT2D eigenvalue weighted by Gasteiger charge is -2.21. The van der Waals surface area contributed by atoms with Crippen LogP contribution in [0.2, 0.25) is 0 Å². The molecule has 5 nitrogen and oxygen atoms in total. The van der Waals surface area contributed by atoms with Crippen LogP contribution < -0.4 is 5.32 Å². The number of aromatic nitrogens is 1. The average molecular weight is 300 g/mol. The number of thioether (sulfide) groups is 1. The predicted molar refractivity (Wildman–Crippen MR) is 75.9 cm³/mol. The summed E-state index contributed by atoms with van der Waals surface area (Å²) in [6, 6.07) is 0.224. The highest BCUT2D eigenvalue weighted by Crippen LogP contribution is 2.18. The van der Waals surface area contributed by atoms with Crippen LogP contribution in [0.5, 0.6) is 0 Å². The second-order valence-electron chi connectivity index (χ2n) is 4.12. The van der Waals surface area contributed by atoms with Gasteiger partial charge in [-0.2, -0.15) is 11.8 Å². The molecule has 1 aromatic heterocycles. The summed E-state index contributed by atoms with van der Waals surface area (Å²) in [6.07, 6.45) is 1.98. The Hall–Kier alpha value is -1.08. The molecule has 1 N–H and O–H groups in total. The second-order valence-corrected chi connectivity index (χ2v) is 6.20. The number of nitrogens with one attached hydrogen (secondary N) is 1. The molecule has 1 aliphatic rings. The molecule has 2 rings (SSSR count). The first kappa shape index (κ1) is 14.3. The number of thiazole rings is 1. The van der Waals surface area contributed by atoms with Gasteiger partial charge in [-0.05, 0) is 31.3 Å². The summed E-state index contributed by atoms with van der Waals surface area (Å²) >= 11 is 3.05. The predicted octanol–water partition coefficient (Wildman–Crippen LogP) is 1.95. The van der Waals surface area contributed by atoms with E-state index in [1.165, 1.54) is 0 Å². The number of hydrogen-bond acceptors (Lipinski definition) is 6. The van der Waals surface area contributed by atoms with Crippen LogP contribution in [0.25, 0.3) is 0 Å². The van der Waals surface area contributed by atoms with Crippen molar-refractivity contribution >= 4 is 35.0 Å². The lowest BCUT2D eigenvalue weighted by atomic mass is 10.1. The molecule has 0 aliphatic carbocycles. The van der Waals surface area contributed by atoms with E-state index in [0.29, 0.717) is 12.3 Å². The molecule has 2 heterocycles. The number of esters is 1. The second kappa shape index (κ2) is 6.91. The number of carbonyl (C=O) groups is 2. The van der Waals surface area contributed by atoms with Gasteiger partial charge in [-0.3, -0.25) is 4.79 Å². The largest absolute Gasteiger partial charge is 0.461 e. The Kier molecular flexibility index (Phi) is 5.21. The summed E-state index contributed by atoms with van der Waals surface area (Å²) < 4.78 is 4.85. The van der Waals surface area contributed by atoms with Crippen LogP contribution in [0.15, 0.2) is 5.38 Å². The van der Waals surface area contributed by atoms with Crippen molar-refractivity contribution in [2.24, 2.45) is 0 Å². The van der Waals surface area contributed by atoms with Gasteiger partial charge in [0.15, 0.2) is 0 Å². The van der Waals surface area contributed by atoms with Crippen molar-refractivity contribution < 1.29 is 14.3 Å². The molecule has 1 saturated heterocycles. The van der Waals surface area contributed by atoms with E-state index in [0.717, 1.165) is 35.7 Å². The summed E-state index contributed by atoms with van der Waals surface area (Å²) in [5, 5.41) is 4.78. The first-order chi connectivity index (χ1) is 9.20.